The summed E-state index contributed by atoms with van der Waals surface area (Å²) in [6.07, 6.45) is 3.89. The fourth-order valence-electron chi connectivity index (χ4n) is 3.37. The molecule has 3 aromatic heterocycles. The molecule has 3 heterocycles. The van der Waals surface area contributed by atoms with Crippen LogP contribution in [0.15, 0.2) is 58.7 Å². The number of pyridine rings is 1. The second-order valence-corrected chi connectivity index (χ2v) is 8.67. The van der Waals surface area contributed by atoms with Gasteiger partial charge in [-0.3, -0.25) is 9.36 Å². The third-order valence-corrected chi connectivity index (χ3v) is 5.92. The summed E-state index contributed by atoms with van der Waals surface area (Å²) in [7, 11) is 0. The summed E-state index contributed by atoms with van der Waals surface area (Å²) in [4.78, 5) is 17.8. The van der Waals surface area contributed by atoms with Crippen LogP contribution in [0.4, 0.5) is 0 Å². The first-order valence-electron chi connectivity index (χ1n) is 9.29. The van der Waals surface area contributed by atoms with E-state index in [9.17, 15) is 10.1 Å². The predicted molar refractivity (Wildman–Crippen MR) is 118 cm³/mol. The van der Waals surface area contributed by atoms with E-state index in [0.717, 1.165) is 11.1 Å². The number of fused-ring (bicyclic) bond motifs is 2. The third kappa shape index (κ3) is 3.76. The van der Waals surface area contributed by atoms with Crippen molar-refractivity contribution in [2.45, 2.75) is 31.3 Å². The van der Waals surface area contributed by atoms with Crippen LogP contribution >= 0.6 is 23.4 Å². The quantitative estimate of drug-likeness (QED) is 0.330. The molecule has 0 N–H and O–H groups in total. The average molecular weight is 423 g/mol. The Morgan fingerprint density at radius 1 is 1.28 bits per heavy atom. The maximum Gasteiger partial charge on any atom is 0.262 e. The summed E-state index contributed by atoms with van der Waals surface area (Å²) in [5.74, 6) is 0.839. The lowest BCUT2D eigenvalue weighted by molar-refractivity contribution is 0.475. The van der Waals surface area contributed by atoms with Crippen LogP contribution in [0.5, 0.6) is 0 Å². The fraction of sp³-hybridized carbons (Fsp3) is 0.227. The highest BCUT2D eigenvalue weighted by atomic mass is 35.5. The number of rotatable bonds is 5. The fourth-order valence-corrected chi connectivity index (χ4v) is 4.52. The molecule has 7 heteroatoms. The highest BCUT2D eigenvalue weighted by Gasteiger charge is 2.16. The van der Waals surface area contributed by atoms with E-state index in [1.165, 1.54) is 11.8 Å². The zero-order chi connectivity index (χ0) is 20.5. The molecule has 0 unspecified atom stereocenters. The van der Waals surface area contributed by atoms with Gasteiger partial charge in [-0.1, -0.05) is 43.3 Å². The topological polar surface area (TPSA) is 63.1 Å². The van der Waals surface area contributed by atoms with Crippen molar-refractivity contribution in [1.82, 2.24) is 14.0 Å². The first-order chi connectivity index (χ1) is 14.0. The molecule has 0 spiro atoms. The third-order valence-electron chi connectivity index (χ3n) is 4.66. The maximum atomic E-state index is 13.1. The van der Waals surface area contributed by atoms with Gasteiger partial charge in [-0.2, -0.15) is 5.26 Å². The van der Waals surface area contributed by atoms with Gasteiger partial charge in [0, 0.05) is 29.7 Å². The first-order valence-corrected chi connectivity index (χ1v) is 10.7. The van der Waals surface area contributed by atoms with Gasteiger partial charge in [0.15, 0.2) is 5.16 Å². The zero-order valence-electron chi connectivity index (χ0n) is 16.1. The van der Waals surface area contributed by atoms with Crippen molar-refractivity contribution in [3.8, 4) is 6.07 Å². The van der Waals surface area contributed by atoms with Crippen LogP contribution in [-0.2, 0) is 12.3 Å². The molecule has 4 aromatic rings. The Morgan fingerprint density at radius 3 is 2.86 bits per heavy atom. The molecule has 0 atom stereocenters. The summed E-state index contributed by atoms with van der Waals surface area (Å²) in [5, 5.41) is 11.3. The highest BCUT2D eigenvalue weighted by Crippen LogP contribution is 2.27. The Bertz CT molecular complexity index is 1320. The van der Waals surface area contributed by atoms with Gasteiger partial charge < -0.3 is 4.40 Å². The maximum absolute atomic E-state index is 13.1. The lowest BCUT2D eigenvalue weighted by Crippen LogP contribution is -2.25. The van der Waals surface area contributed by atoms with Gasteiger partial charge in [0.2, 0.25) is 0 Å². The standard InChI is InChI=1S/C22H19ClN4OS/c1-14(2)11-27-21(28)17-9-16(23)6-7-19(17)25-22(27)29-13-15-12-26-8-4-3-5-20(26)18(15)10-24/h3-9,12,14H,11,13H2,1-2H3. The molecule has 0 aliphatic rings. The molecule has 0 fully saturated rings. The number of nitrogens with zero attached hydrogens (tertiary/aromatic N) is 4. The molecule has 5 nitrogen and oxygen atoms in total. The second kappa shape index (κ2) is 7.94. The van der Waals surface area contributed by atoms with Gasteiger partial charge in [0.05, 0.1) is 22.0 Å². The Kier molecular flexibility index (Phi) is 5.35. The van der Waals surface area contributed by atoms with Crippen molar-refractivity contribution in [1.29, 1.82) is 5.26 Å². The number of aromatic nitrogens is 3. The minimum absolute atomic E-state index is 0.0868. The molecule has 0 saturated heterocycles. The van der Waals surface area contributed by atoms with Crippen molar-refractivity contribution in [2.24, 2.45) is 5.92 Å². The summed E-state index contributed by atoms with van der Waals surface area (Å²) in [6, 6.07) is 13.3. The highest BCUT2D eigenvalue weighted by molar-refractivity contribution is 7.98. The normalized spacial score (nSPS) is 11.4. The molecule has 1 aromatic carbocycles. The first kappa shape index (κ1) is 19.6. The van der Waals surface area contributed by atoms with Crippen LogP contribution in [0.3, 0.4) is 0 Å². The van der Waals surface area contributed by atoms with Gasteiger partial charge in [-0.05, 0) is 41.8 Å². The van der Waals surface area contributed by atoms with Crippen molar-refractivity contribution < 1.29 is 0 Å². The largest absolute Gasteiger partial charge is 0.322 e. The number of benzene rings is 1. The van der Waals surface area contributed by atoms with E-state index < -0.39 is 0 Å². The number of halogens is 1. The van der Waals surface area contributed by atoms with E-state index in [1.807, 2.05) is 35.0 Å². The van der Waals surface area contributed by atoms with Gasteiger partial charge in [-0.25, -0.2) is 4.98 Å². The Labute approximate surface area is 177 Å². The van der Waals surface area contributed by atoms with Crippen LogP contribution < -0.4 is 5.56 Å². The van der Waals surface area contributed by atoms with Crippen molar-refractivity contribution >= 4 is 39.8 Å². The summed E-state index contributed by atoms with van der Waals surface area (Å²) < 4.78 is 3.67. The molecule has 0 bridgehead atoms. The number of nitriles is 1. The Hall–Kier alpha value is -2.75. The van der Waals surface area contributed by atoms with E-state index in [4.69, 9.17) is 16.6 Å². The minimum atomic E-state index is -0.0868. The van der Waals surface area contributed by atoms with Gasteiger partial charge in [0.1, 0.15) is 6.07 Å². The van der Waals surface area contributed by atoms with Crippen molar-refractivity contribution in [2.75, 3.05) is 0 Å². The van der Waals surface area contributed by atoms with Crippen LogP contribution in [0, 0.1) is 17.2 Å². The molecule has 0 aliphatic heterocycles. The molecular formula is C22H19ClN4OS. The van der Waals surface area contributed by atoms with E-state index in [2.05, 4.69) is 19.9 Å². The molecule has 146 valence electrons. The molecule has 4 rings (SSSR count). The van der Waals surface area contributed by atoms with Gasteiger partial charge in [0.25, 0.3) is 5.56 Å². The summed E-state index contributed by atoms with van der Waals surface area (Å²) in [5.41, 5.74) is 3.00. The summed E-state index contributed by atoms with van der Waals surface area (Å²) in [6.45, 7) is 4.70. The monoisotopic (exact) mass is 422 g/mol. The lowest BCUT2D eigenvalue weighted by Gasteiger charge is -2.15. The van der Waals surface area contributed by atoms with Gasteiger partial charge >= 0.3 is 0 Å². The van der Waals surface area contributed by atoms with E-state index in [1.54, 1.807) is 22.8 Å². The van der Waals surface area contributed by atoms with Crippen LogP contribution in [0.2, 0.25) is 5.02 Å². The smallest absolute Gasteiger partial charge is 0.262 e. The predicted octanol–water partition coefficient (Wildman–Crippen LogP) is 5.12. The molecule has 0 radical (unpaired) electrons. The van der Waals surface area contributed by atoms with E-state index in [-0.39, 0.29) is 11.5 Å². The van der Waals surface area contributed by atoms with Gasteiger partial charge in [-0.15, -0.1) is 0 Å². The average Bonchev–Trinajstić information content (AvgIpc) is 3.06. The Morgan fingerprint density at radius 2 is 2.10 bits per heavy atom. The van der Waals surface area contributed by atoms with E-state index in [0.29, 0.717) is 38.9 Å². The van der Waals surface area contributed by atoms with Crippen molar-refractivity contribution in [3.63, 3.8) is 0 Å². The second-order valence-electron chi connectivity index (χ2n) is 7.29. The van der Waals surface area contributed by atoms with Crippen LogP contribution in [-0.4, -0.2) is 14.0 Å². The molecule has 29 heavy (non-hydrogen) atoms. The SMILES string of the molecule is CC(C)Cn1c(SCc2cn3ccccc3c2C#N)nc2ccc(Cl)cc2c1=O. The van der Waals surface area contributed by atoms with Crippen LogP contribution in [0.1, 0.15) is 25.0 Å². The van der Waals surface area contributed by atoms with Crippen LogP contribution in [0.25, 0.3) is 16.4 Å². The number of hydrogen-bond donors (Lipinski definition) is 0. The molecule has 0 saturated carbocycles. The number of hydrogen-bond acceptors (Lipinski definition) is 4. The van der Waals surface area contributed by atoms with Crippen molar-refractivity contribution in [3.05, 3.63) is 75.3 Å². The minimum Gasteiger partial charge on any atom is -0.322 e. The lowest BCUT2D eigenvalue weighted by atomic mass is 10.2. The molecular weight excluding hydrogens is 404 g/mol. The molecule has 0 aliphatic carbocycles. The summed E-state index contributed by atoms with van der Waals surface area (Å²) >= 11 is 7.56. The Balaban J connectivity index is 1.77. The van der Waals surface area contributed by atoms with E-state index >= 15 is 0 Å². The molecule has 0 amide bonds. The number of thioether (sulfide) groups is 1. The zero-order valence-corrected chi connectivity index (χ0v) is 17.7.